The van der Waals surface area contributed by atoms with Gasteiger partial charge in [0, 0.05) is 25.4 Å². The molecule has 1 aromatic carbocycles. The number of hydrogen-bond donors (Lipinski definition) is 2. The molecule has 1 aromatic heterocycles. The number of rotatable bonds is 5. The molecule has 0 saturated heterocycles. The van der Waals surface area contributed by atoms with Crippen molar-refractivity contribution < 1.29 is 23.5 Å². The molecule has 2 rings (SSSR count). The largest absolute Gasteiger partial charge is 0.457 e. The maximum atomic E-state index is 14.1. The molecule has 2 N–H and O–H groups in total. The van der Waals surface area contributed by atoms with E-state index in [-0.39, 0.29) is 28.8 Å². The zero-order valence-electron chi connectivity index (χ0n) is 13.8. The predicted octanol–water partition coefficient (Wildman–Crippen LogP) is 4.29. The van der Waals surface area contributed by atoms with Gasteiger partial charge in [0.25, 0.3) is 5.91 Å². The van der Waals surface area contributed by atoms with E-state index in [4.69, 9.17) is 39.5 Å². The highest BCUT2D eigenvalue weighted by Gasteiger charge is 2.22. The number of hydrogen-bond acceptors (Lipinski definition) is 5. The highest BCUT2D eigenvalue weighted by Crippen LogP contribution is 2.27. The molecule has 11 heteroatoms. The van der Waals surface area contributed by atoms with E-state index in [2.05, 4.69) is 20.4 Å². The first kappa shape index (κ1) is 21.0. The molecule has 144 valence electrons. The van der Waals surface area contributed by atoms with E-state index in [1.807, 2.05) is 0 Å². The summed E-state index contributed by atoms with van der Waals surface area (Å²) in [6, 6.07) is 6.63. The number of amides is 2. The van der Waals surface area contributed by atoms with Gasteiger partial charge in [-0.1, -0.05) is 34.8 Å². The van der Waals surface area contributed by atoms with Crippen LogP contribution < -0.4 is 15.4 Å². The molecule has 0 atom stereocenters. The Morgan fingerprint density at radius 1 is 1.19 bits per heavy atom. The summed E-state index contributed by atoms with van der Waals surface area (Å²) in [5.74, 6) is -0.744. The fourth-order valence-electron chi connectivity index (χ4n) is 1.82. The third-order valence-corrected chi connectivity index (χ3v) is 3.30. The van der Waals surface area contributed by atoms with Crippen molar-refractivity contribution in [2.75, 3.05) is 19.0 Å². The van der Waals surface area contributed by atoms with Gasteiger partial charge < -0.3 is 14.8 Å². The van der Waals surface area contributed by atoms with Gasteiger partial charge in [0.15, 0.2) is 5.82 Å². The molecular formula is C16H13Cl3FN3O4. The summed E-state index contributed by atoms with van der Waals surface area (Å²) in [5, 5.41) is 4.61. The lowest BCUT2D eigenvalue weighted by Crippen LogP contribution is -2.21. The van der Waals surface area contributed by atoms with E-state index in [0.717, 1.165) is 6.07 Å². The molecule has 2 amide bonds. The first-order chi connectivity index (χ1) is 12.7. The molecular weight excluding hydrogens is 424 g/mol. The number of nitrogens with zero attached hydrogens (tertiary/aromatic N) is 1. The van der Waals surface area contributed by atoms with E-state index in [1.165, 1.54) is 37.5 Å². The normalized spacial score (nSPS) is 10.9. The van der Waals surface area contributed by atoms with Crippen LogP contribution in [0, 0.1) is 5.82 Å². The number of pyridine rings is 1. The lowest BCUT2D eigenvalue weighted by molar-refractivity contribution is 0.0957. The monoisotopic (exact) mass is 435 g/mol. The summed E-state index contributed by atoms with van der Waals surface area (Å²) in [6.45, 7) is -0.498. The Hall–Kier alpha value is -2.29. The topological polar surface area (TPSA) is 89.6 Å². The van der Waals surface area contributed by atoms with Crippen LogP contribution in [0.15, 0.2) is 36.5 Å². The molecule has 0 bridgehead atoms. The predicted molar refractivity (Wildman–Crippen MR) is 99.4 cm³/mol. The zero-order chi connectivity index (χ0) is 20.0. The Morgan fingerprint density at radius 3 is 2.52 bits per heavy atom. The second-order valence-electron chi connectivity index (χ2n) is 5.02. The second kappa shape index (κ2) is 9.07. The van der Waals surface area contributed by atoms with Crippen LogP contribution in [0.2, 0.25) is 0 Å². The van der Waals surface area contributed by atoms with Gasteiger partial charge in [-0.2, -0.15) is 0 Å². The number of halogens is 4. The Morgan fingerprint density at radius 2 is 1.89 bits per heavy atom. The number of carbonyl (C=O) groups excluding carboxylic acids is 2. The van der Waals surface area contributed by atoms with Crippen molar-refractivity contribution in [1.29, 1.82) is 0 Å². The SMILES string of the molecule is CNC(=O)c1cc(Oc2ccc(NC(=O)OCC(Cl)(Cl)Cl)c(F)c2)ccn1. The van der Waals surface area contributed by atoms with E-state index in [0.29, 0.717) is 0 Å². The molecule has 0 aliphatic rings. The fourth-order valence-corrected chi connectivity index (χ4v) is 1.98. The number of anilines is 1. The van der Waals surface area contributed by atoms with Gasteiger partial charge in [0.1, 0.15) is 23.8 Å². The van der Waals surface area contributed by atoms with Crippen LogP contribution >= 0.6 is 34.8 Å². The molecule has 1 heterocycles. The van der Waals surface area contributed by atoms with E-state index in [1.54, 1.807) is 0 Å². The summed E-state index contributed by atoms with van der Waals surface area (Å²) < 4.78 is 22.5. The van der Waals surface area contributed by atoms with Crippen molar-refractivity contribution in [3.63, 3.8) is 0 Å². The number of carbonyl (C=O) groups is 2. The highest BCUT2D eigenvalue weighted by atomic mass is 35.6. The maximum Gasteiger partial charge on any atom is 0.411 e. The molecule has 0 aliphatic heterocycles. The van der Waals surface area contributed by atoms with Gasteiger partial charge in [0.05, 0.1) is 5.69 Å². The van der Waals surface area contributed by atoms with E-state index in [9.17, 15) is 14.0 Å². The van der Waals surface area contributed by atoms with E-state index < -0.39 is 22.3 Å². The van der Waals surface area contributed by atoms with Crippen molar-refractivity contribution in [3.8, 4) is 11.5 Å². The van der Waals surface area contributed by atoms with Crippen molar-refractivity contribution in [2.24, 2.45) is 0 Å². The average Bonchev–Trinajstić information content (AvgIpc) is 2.61. The molecule has 2 aromatic rings. The highest BCUT2D eigenvalue weighted by molar-refractivity contribution is 6.67. The first-order valence-corrected chi connectivity index (χ1v) is 8.47. The third kappa shape index (κ3) is 6.74. The molecule has 27 heavy (non-hydrogen) atoms. The quantitative estimate of drug-likeness (QED) is 0.683. The third-order valence-electron chi connectivity index (χ3n) is 2.97. The van der Waals surface area contributed by atoms with Crippen LogP contribution in [-0.2, 0) is 4.74 Å². The van der Waals surface area contributed by atoms with Gasteiger partial charge in [-0.15, -0.1) is 0 Å². The van der Waals surface area contributed by atoms with Crippen molar-refractivity contribution in [3.05, 3.63) is 48.0 Å². The lowest BCUT2D eigenvalue weighted by atomic mass is 10.3. The fraction of sp³-hybridized carbons (Fsp3) is 0.188. The number of ether oxygens (including phenoxy) is 2. The lowest BCUT2D eigenvalue weighted by Gasteiger charge is -2.13. The van der Waals surface area contributed by atoms with Gasteiger partial charge in [-0.25, -0.2) is 9.18 Å². The van der Waals surface area contributed by atoms with Crippen LogP contribution in [0.1, 0.15) is 10.5 Å². The minimum absolute atomic E-state index is 0.141. The van der Waals surface area contributed by atoms with Crippen molar-refractivity contribution >= 4 is 52.5 Å². The molecule has 7 nitrogen and oxygen atoms in total. The maximum absolute atomic E-state index is 14.1. The summed E-state index contributed by atoms with van der Waals surface area (Å²) in [4.78, 5) is 27.0. The van der Waals surface area contributed by atoms with Crippen LogP contribution in [0.25, 0.3) is 0 Å². The molecule has 0 spiro atoms. The molecule has 0 fully saturated rings. The summed E-state index contributed by atoms with van der Waals surface area (Å²) in [5.41, 5.74) is -0.0112. The molecule has 0 aliphatic carbocycles. The van der Waals surface area contributed by atoms with Crippen LogP contribution in [0.5, 0.6) is 11.5 Å². The van der Waals surface area contributed by atoms with Crippen LogP contribution in [-0.4, -0.2) is 34.4 Å². The van der Waals surface area contributed by atoms with Gasteiger partial charge in [-0.3, -0.25) is 15.1 Å². The minimum atomic E-state index is -1.77. The smallest absolute Gasteiger partial charge is 0.411 e. The van der Waals surface area contributed by atoms with Crippen molar-refractivity contribution in [1.82, 2.24) is 10.3 Å². The number of nitrogens with one attached hydrogen (secondary N) is 2. The van der Waals surface area contributed by atoms with Crippen LogP contribution in [0.3, 0.4) is 0 Å². The second-order valence-corrected chi connectivity index (χ2v) is 7.53. The van der Waals surface area contributed by atoms with Crippen LogP contribution in [0.4, 0.5) is 14.9 Å². The Kier molecular flexibility index (Phi) is 7.06. The zero-order valence-corrected chi connectivity index (χ0v) is 16.0. The molecule has 0 unspecified atom stereocenters. The van der Waals surface area contributed by atoms with Gasteiger partial charge >= 0.3 is 6.09 Å². The van der Waals surface area contributed by atoms with Gasteiger partial charge in [0.2, 0.25) is 3.79 Å². The minimum Gasteiger partial charge on any atom is -0.457 e. The van der Waals surface area contributed by atoms with Gasteiger partial charge in [-0.05, 0) is 18.2 Å². The number of alkyl halides is 3. The Balaban J connectivity index is 2.04. The standard InChI is InChI=1S/C16H13Cl3FN3O4/c1-21-14(24)13-7-10(4-5-22-13)27-9-2-3-12(11(20)6-9)23-15(25)26-8-16(17,18)19/h2-7H,8H2,1H3,(H,21,24)(H,23,25). The number of benzene rings is 1. The van der Waals surface area contributed by atoms with E-state index >= 15 is 0 Å². The molecule has 0 saturated carbocycles. The summed E-state index contributed by atoms with van der Waals surface area (Å²) in [6.07, 6.45) is 0.394. The first-order valence-electron chi connectivity index (χ1n) is 7.34. The Labute approximate surface area is 168 Å². The molecule has 0 radical (unpaired) electrons. The Bertz CT molecular complexity index is 846. The number of aromatic nitrogens is 1. The summed E-state index contributed by atoms with van der Waals surface area (Å²) in [7, 11) is 1.47. The average molecular weight is 437 g/mol. The summed E-state index contributed by atoms with van der Waals surface area (Å²) >= 11 is 16.4. The van der Waals surface area contributed by atoms with Crippen molar-refractivity contribution in [2.45, 2.75) is 3.79 Å².